The molecule has 0 amide bonds. The summed E-state index contributed by atoms with van der Waals surface area (Å²) in [5.41, 5.74) is 2.11. The van der Waals surface area contributed by atoms with E-state index in [-0.39, 0.29) is 0 Å². The molecule has 1 aromatic carbocycles. The minimum absolute atomic E-state index is 0.340. The van der Waals surface area contributed by atoms with Crippen molar-refractivity contribution in [1.29, 1.82) is 0 Å². The Bertz CT molecular complexity index is 935. The van der Waals surface area contributed by atoms with E-state index in [0.717, 1.165) is 34.4 Å². The van der Waals surface area contributed by atoms with E-state index >= 15 is 0 Å². The number of hydrogen-bond donors (Lipinski definition) is 2. The van der Waals surface area contributed by atoms with Gasteiger partial charge in [-0.3, -0.25) is 0 Å². The van der Waals surface area contributed by atoms with Gasteiger partial charge in [0.25, 0.3) is 0 Å². The summed E-state index contributed by atoms with van der Waals surface area (Å²) in [6, 6.07) is 5.42. The number of fused-ring (bicyclic) bond motifs is 3. The highest BCUT2D eigenvalue weighted by Gasteiger charge is 2.20. The highest BCUT2D eigenvalue weighted by Crippen LogP contribution is 2.38. The van der Waals surface area contributed by atoms with Crippen LogP contribution < -0.4 is 14.8 Å². The van der Waals surface area contributed by atoms with Gasteiger partial charge < -0.3 is 19.9 Å². The molecular formula is C20H23N3O3S. The van der Waals surface area contributed by atoms with E-state index in [2.05, 4.69) is 15.3 Å². The van der Waals surface area contributed by atoms with Gasteiger partial charge >= 0.3 is 0 Å². The number of nitrogens with zero attached hydrogens (tertiary/aromatic N) is 2. The average Bonchev–Trinajstić information content (AvgIpc) is 3.10. The van der Waals surface area contributed by atoms with Crippen LogP contribution in [0.3, 0.4) is 0 Å². The summed E-state index contributed by atoms with van der Waals surface area (Å²) in [5, 5.41) is 15.1. The zero-order valence-corrected chi connectivity index (χ0v) is 16.3. The summed E-state index contributed by atoms with van der Waals surface area (Å²) in [4.78, 5) is 11.3. The van der Waals surface area contributed by atoms with Crippen LogP contribution in [-0.4, -0.2) is 35.8 Å². The van der Waals surface area contributed by atoms with Gasteiger partial charge in [0.05, 0.1) is 25.7 Å². The maximum atomic E-state index is 10.7. The second-order valence-electron chi connectivity index (χ2n) is 6.66. The van der Waals surface area contributed by atoms with Gasteiger partial charge in [0, 0.05) is 17.5 Å². The third-order valence-electron chi connectivity index (χ3n) is 4.97. The number of ether oxygens (including phenoxy) is 2. The Balaban J connectivity index is 1.58. The SMILES string of the molecule is COc1cc(OC)cc(C(O)CNc2ncnc3sc4c(c23)CCCC4)c1. The molecule has 2 N–H and O–H groups in total. The Kier molecular flexibility index (Phi) is 5.13. The second kappa shape index (κ2) is 7.70. The van der Waals surface area contributed by atoms with Crippen LogP contribution in [0.5, 0.6) is 11.5 Å². The first-order valence-corrected chi connectivity index (χ1v) is 9.91. The van der Waals surface area contributed by atoms with E-state index in [9.17, 15) is 5.11 Å². The van der Waals surface area contributed by atoms with Crippen LogP contribution in [0, 0.1) is 0 Å². The molecule has 6 nitrogen and oxygen atoms in total. The van der Waals surface area contributed by atoms with E-state index in [1.807, 2.05) is 12.1 Å². The van der Waals surface area contributed by atoms with Crippen LogP contribution in [0.1, 0.15) is 34.9 Å². The Morgan fingerprint density at radius 3 is 2.59 bits per heavy atom. The molecule has 4 rings (SSSR count). The number of aryl methyl sites for hydroxylation is 2. The molecule has 142 valence electrons. The average molecular weight is 385 g/mol. The van der Waals surface area contributed by atoms with Crippen LogP contribution in [0.2, 0.25) is 0 Å². The van der Waals surface area contributed by atoms with Gasteiger partial charge in [0.1, 0.15) is 28.5 Å². The summed E-state index contributed by atoms with van der Waals surface area (Å²) >= 11 is 1.77. The van der Waals surface area contributed by atoms with Crippen molar-refractivity contribution >= 4 is 27.4 Å². The quantitative estimate of drug-likeness (QED) is 0.673. The van der Waals surface area contributed by atoms with Crippen LogP contribution >= 0.6 is 11.3 Å². The molecule has 0 aliphatic heterocycles. The summed E-state index contributed by atoms with van der Waals surface area (Å²) < 4.78 is 10.6. The number of aromatic nitrogens is 2. The number of aliphatic hydroxyl groups is 1. The van der Waals surface area contributed by atoms with Crippen molar-refractivity contribution in [2.45, 2.75) is 31.8 Å². The third-order valence-corrected chi connectivity index (χ3v) is 6.17. The van der Waals surface area contributed by atoms with Crippen LogP contribution in [0.25, 0.3) is 10.2 Å². The Morgan fingerprint density at radius 1 is 1.11 bits per heavy atom. The first-order chi connectivity index (χ1) is 13.2. The van der Waals surface area contributed by atoms with Crippen molar-refractivity contribution in [2.24, 2.45) is 0 Å². The monoisotopic (exact) mass is 385 g/mol. The minimum Gasteiger partial charge on any atom is -0.497 e. The summed E-state index contributed by atoms with van der Waals surface area (Å²) in [5.74, 6) is 2.10. The summed E-state index contributed by atoms with van der Waals surface area (Å²) in [7, 11) is 3.20. The molecule has 0 bridgehead atoms. The van der Waals surface area contributed by atoms with Gasteiger partial charge in [-0.2, -0.15) is 0 Å². The van der Waals surface area contributed by atoms with E-state index in [0.29, 0.717) is 18.0 Å². The number of benzene rings is 1. The number of methoxy groups -OCH3 is 2. The van der Waals surface area contributed by atoms with E-state index in [1.54, 1.807) is 38.0 Å². The predicted octanol–water partition coefficient (Wildman–Crippen LogP) is 3.73. The number of anilines is 1. The Morgan fingerprint density at radius 2 is 1.85 bits per heavy atom. The molecule has 2 heterocycles. The van der Waals surface area contributed by atoms with Gasteiger partial charge in [0.2, 0.25) is 0 Å². The zero-order valence-electron chi connectivity index (χ0n) is 15.5. The predicted molar refractivity (Wildman–Crippen MR) is 107 cm³/mol. The van der Waals surface area contributed by atoms with Crippen LogP contribution in [-0.2, 0) is 12.8 Å². The van der Waals surface area contributed by atoms with Gasteiger partial charge in [0.15, 0.2) is 0 Å². The van der Waals surface area contributed by atoms with Crippen molar-refractivity contribution in [3.8, 4) is 11.5 Å². The lowest BCUT2D eigenvalue weighted by molar-refractivity contribution is 0.190. The highest BCUT2D eigenvalue weighted by molar-refractivity contribution is 7.19. The number of nitrogens with one attached hydrogen (secondary N) is 1. The normalized spacial score (nSPS) is 14.6. The van der Waals surface area contributed by atoms with Gasteiger partial charge in [-0.1, -0.05) is 0 Å². The summed E-state index contributed by atoms with van der Waals surface area (Å²) in [6.07, 6.45) is 5.53. The molecule has 1 aliphatic rings. The maximum absolute atomic E-state index is 10.7. The van der Waals surface area contributed by atoms with Gasteiger partial charge in [-0.05, 0) is 48.9 Å². The number of rotatable bonds is 6. The topological polar surface area (TPSA) is 76.5 Å². The fourth-order valence-electron chi connectivity index (χ4n) is 3.56. The molecule has 0 spiro atoms. The van der Waals surface area contributed by atoms with Gasteiger partial charge in [-0.15, -0.1) is 11.3 Å². The first kappa shape index (κ1) is 18.0. The Labute approximate surface area is 162 Å². The minimum atomic E-state index is -0.714. The summed E-state index contributed by atoms with van der Waals surface area (Å²) in [6.45, 7) is 0.340. The molecule has 0 fully saturated rings. The number of hydrogen-bond acceptors (Lipinski definition) is 7. The standard InChI is InChI=1S/C20H23N3O3S/c1-25-13-7-12(8-14(9-13)26-2)16(24)10-21-19-18-15-5-3-4-6-17(15)27-20(18)23-11-22-19/h7-9,11,16,24H,3-6,10H2,1-2H3,(H,21,22,23). The third kappa shape index (κ3) is 3.57. The zero-order chi connectivity index (χ0) is 18.8. The van der Waals surface area contributed by atoms with Crippen molar-refractivity contribution < 1.29 is 14.6 Å². The maximum Gasteiger partial charge on any atom is 0.138 e. The lowest BCUT2D eigenvalue weighted by atomic mass is 9.97. The first-order valence-electron chi connectivity index (χ1n) is 9.09. The largest absolute Gasteiger partial charge is 0.497 e. The van der Waals surface area contributed by atoms with E-state index in [1.165, 1.54) is 23.3 Å². The molecule has 1 aliphatic carbocycles. The van der Waals surface area contributed by atoms with Gasteiger partial charge in [-0.25, -0.2) is 9.97 Å². The Hall–Kier alpha value is -2.38. The second-order valence-corrected chi connectivity index (χ2v) is 7.74. The van der Waals surface area contributed by atoms with Crippen LogP contribution in [0.4, 0.5) is 5.82 Å². The highest BCUT2D eigenvalue weighted by atomic mass is 32.1. The van der Waals surface area contributed by atoms with Crippen molar-refractivity contribution in [1.82, 2.24) is 9.97 Å². The fraction of sp³-hybridized carbons (Fsp3) is 0.400. The molecule has 0 saturated carbocycles. The van der Waals surface area contributed by atoms with Crippen LogP contribution in [0.15, 0.2) is 24.5 Å². The lowest BCUT2D eigenvalue weighted by Crippen LogP contribution is -2.14. The molecule has 2 aromatic heterocycles. The van der Waals surface area contributed by atoms with E-state index in [4.69, 9.17) is 9.47 Å². The molecule has 1 unspecified atom stereocenters. The molecule has 0 saturated heterocycles. The molecule has 0 radical (unpaired) electrons. The molecule has 1 atom stereocenters. The van der Waals surface area contributed by atoms with E-state index < -0.39 is 6.10 Å². The van der Waals surface area contributed by atoms with Crippen molar-refractivity contribution in [2.75, 3.05) is 26.1 Å². The van der Waals surface area contributed by atoms with Crippen molar-refractivity contribution in [3.05, 3.63) is 40.5 Å². The molecule has 3 aromatic rings. The smallest absolute Gasteiger partial charge is 0.138 e. The van der Waals surface area contributed by atoms with Crippen molar-refractivity contribution in [3.63, 3.8) is 0 Å². The lowest BCUT2D eigenvalue weighted by Gasteiger charge is -2.16. The molecule has 27 heavy (non-hydrogen) atoms. The fourth-order valence-corrected chi connectivity index (χ4v) is 4.79. The molecular weight excluding hydrogens is 362 g/mol. The number of aliphatic hydroxyl groups excluding tert-OH is 1. The molecule has 7 heteroatoms. The number of thiophene rings is 1.